The summed E-state index contributed by atoms with van der Waals surface area (Å²) in [5.74, 6) is -0.231. The lowest BCUT2D eigenvalue weighted by atomic mass is 10.0. The maximum absolute atomic E-state index is 15.4. The number of nitrogens with zero attached hydrogens (tertiary/aromatic N) is 5. The Morgan fingerprint density at radius 1 is 1.17 bits per heavy atom. The van der Waals surface area contributed by atoms with E-state index in [0.29, 0.717) is 49.9 Å². The third-order valence-corrected chi connectivity index (χ3v) is 8.57. The molecule has 0 saturated carbocycles. The zero-order valence-corrected chi connectivity index (χ0v) is 24.8. The minimum absolute atomic E-state index is 0.0319. The predicted molar refractivity (Wildman–Crippen MR) is 156 cm³/mol. The third kappa shape index (κ3) is 5.74. The van der Waals surface area contributed by atoms with E-state index in [4.69, 9.17) is 19.4 Å². The van der Waals surface area contributed by atoms with Crippen molar-refractivity contribution >= 4 is 23.6 Å². The molecule has 42 heavy (non-hydrogen) atoms. The SMILES string of the molecule is CCNC(=O)Nc1ccc(-c2nc(N3CC4CCC(C3)O4)nc3c2C(=O)N(C[C@@H]2CCCN2C)CC(C)(C)O3)cc1F. The normalized spacial score (nSPS) is 25.2. The van der Waals surface area contributed by atoms with Gasteiger partial charge >= 0.3 is 6.03 Å². The fourth-order valence-electron chi connectivity index (χ4n) is 6.51. The predicted octanol–water partition coefficient (Wildman–Crippen LogP) is 3.50. The summed E-state index contributed by atoms with van der Waals surface area (Å²) < 4.78 is 27.9. The highest BCUT2D eigenvalue weighted by Gasteiger charge is 2.41. The zero-order chi connectivity index (χ0) is 29.6. The number of anilines is 2. The van der Waals surface area contributed by atoms with Crippen molar-refractivity contribution in [2.75, 3.05) is 56.5 Å². The van der Waals surface area contributed by atoms with Gasteiger partial charge in [0, 0.05) is 37.8 Å². The Labute approximate surface area is 245 Å². The van der Waals surface area contributed by atoms with Crippen molar-refractivity contribution in [3.63, 3.8) is 0 Å². The second kappa shape index (κ2) is 11.3. The molecule has 2 bridgehead atoms. The number of hydrogen-bond donors (Lipinski definition) is 2. The Morgan fingerprint density at radius 3 is 2.60 bits per heavy atom. The van der Waals surface area contributed by atoms with E-state index in [2.05, 4.69) is 27.5 Å². The fraction of sp³-hybridized carbons (Fsp3) is 0.600. The van der Waals surface area contributed by atoms with E-state index in [1.54, 1.807) is 13.0 Å². The van der Waals surface area contributed by atoms with Gasteiger partial charge < -0.3 is 34.8 Å². The summed E-state index contributed by atoms with van der Waals surface area (Å²) in [4.78, 5) is 42.3. The van der Waals surface area contributed by atoms with E-state index >= 15 is 4.39 Å². The van der Waals surface area contributed by atoms with Crippen LogP contribution in [0, 0.1) is 5.82 Å². The molecule has 4 aliphatic rings. The number of likely N-dealkylation sites (tertiary alicyclic amines) is 1. The van der Waals surface area contributed by atoms with Crippen molar-refractivity contribution < 1.29 is 23.5 Å². The van der Waals surface area contributed by atoms with Crippen molar-refractivity contribution in [1.82, 2.24) is 25.1 Å². The molecule has 0 radical (unpaired) electrons. The fourth-order valence-corrected chi connectivity index (χ4v) is 6.51. The first-order valence-corrected chi connectivity index (χ1v) is 15.0. The third-order valence-electron chi connectivity index (χ3n) is 8.57. The number of halogens is 1. The lowest BCUT2D eigenvalue weighted by Gasteiger charge is -2.33. The van der Waals surface area contributed by atoms with Crippen LogP contribution in [0.1, 0.15) is 56.8 Å². The number of urea groups is 1. The Bertz CT molecular complexity index is 1360. The van der Waals surface area contributed by atoms with Crippen molar-refractivity contribution in [3.8, 4) is 17.1 Å². The number of carbonyl (C=O) groups is 2. The second-order valence-electron chi connectivity index (χ2n) is 12.4. The minimum Gasteiger partial charge on any atom is -0.469 e. The van der Waals surface area contributed by atoms with Gasteiger partial charge in [-0.25, -0.2) is 14.2 Å². The number of aromatic nitrogens is 2. The molecule has 1 aromatic heterocycles. The molecule has 1 aromatic carbocycles. The van der Waals surface area contributed by atoms with Crippen LogP contribution >= 0.6 is 0 Å². The van der Waals surface area contributed by atoms with Crippen LogP contribution in [0.25, 0.3) is 11.3 Å². The molecule has 2 unspecified atom stereocenters. The van der Waals surface area contributed by atoms with Gasteiger partial charge in [0.25, 0.3) is 5.91 Å². The molecule has 226 valence electrons. The van der Waals surface area contributed by atoms with Crippen LogP contribution in [-0.4, -0.2) is 102 Å². The molecule has 3 atom stereocenters. The molecule has 0 aliphatic carbocycles. The highest BCUT2D eigenvalue weighted by molar-refractivity contribution is 6.03. The van der Waals surface area contributed by atoms with Gasteiger partial charge in [0.15, 0.2) is 0 Å². The van der Waals surface area contributed by atoms with E-state index < -0.39 is 17.4 Å². The number of nitrogens with one attached hydrogen (secondary N) is 2. The van der Waals surface area contributed by atoms with Gasteiger partial charge in [0.2, 0.25) is 11.8 Å². The highest BCUT2D eigenvalue weighted by Crippen LogP contribution is 2.38. The summed E-state index contributed by atoms with van der Waals surface area (Å²) in [6, 6.07) is 4.20. The molecule has 5 heterocycles. The van der Waals surface area contributed by atoms with Crippen LogP contribution in [0.2, 0.25) is 0 Å². The first-order chi connectivity index (χ1) is 20.1. The summed E-state index contributed by atoms with van der Waals surface area (Å²) in [5, 5.41) is 5.13. The number of amides is 3. The van der Waals surface area contributed by atoms with Gasteiger partial charge in [-0.2, -0.15) is 4.98 Å². The number of ether oxygens (including phenoxy) is 2. The summed E-state index contributed by atoms with van der Waals surface area (Å²) in [6.07, 6.45) is 4.28. The monoisotopic (exact) mass is 581 g/mol. The smallest absolute Gasteiger partial charge is 0.319 e. The summed E-state index contributed by atoms with van der Waals surface area (Å²) in [5.41, 5.74) is 0.260. The van der Waals surface area contributed by atoms with E-state index in [1.165, 1.54) is 12.1 Å². The van der Waals surface area contributed by atoms with E-state index in [-0.39, 0.29) is 41.3 Å². The lowest BCUT2D eigenvalue weighted by Crippen LogP contribution is -2.47. The summed E-state index contributed by atoms with van der Waals surface area (Å²) in [6.45, 7) is 9.32. The second-order valence-corrected chi connectivity index (χ2v) is 12.4. The van der Waals surface area contributed by atoms with Crippen LogP contribution in [0.4, 0.5) is 20.8 Å². The number of carbonyl (C=O) groups excluding carboxylic acids is 2. The van der Waals surface area contributed by atoms with Crippen molar-refractivity contribution in [1.29, 1.82) is 0 Å². The number of likely N-dealkylation sites (N-methyl/N-ethyl adjacent to an activating group) is 1. The van der Waals surface area contributed by atoms with Gasteiger partial charge in [-0.05, 0) is 72.2 Å². The van der Waals surface area contributed by atoms with E-state index in [1.807, 2.05) is 18.7 Å². The van der Waals surface area contributed by atoms with Gasteiger partial charge in [0.05, 0.1) is 30.1 Å². The van der Waals surface area contributed by atoms with Gasteiger partial charge in [-0.1, -0.05) is 6.07 Å². The van der Waals surface area contributed by atoms with Crippen LogP contribution in [0.5, 0.6) is 5.88 Å². The van der Waals surface area contributed by atoms with Crippen LogP contribution in [-0.2, 0) is 4.74 Å². The van der Waals surface area contributed by atoms with Crippen LogP contribution < -0.4 is 20.3 Å². The van der Waals surface area contributed by atoms with Crippen molar-refractivity contribution in [2.24, 2.45) is 0 Å². The average molecular weight is 582 g/mol. The maximum Gasteiger partial charge on any atom is 0.319 e. The van der Waals surface area contributed by atoms with Gasteiger partial charge in [-0.3, -0.25) is 4.79 Å². The van der Waals surface area contributed by atoms with Crippen LogP contribution in [0.15, 0.2) is 18.2 Å². The molecular weight excluding hydrogens is 541 g/mol. The Kier molecular flexibility index (Phi) is 7.69. The Balaban J connectivity index is 1.43. The number of benzene rings is 1. The molecule has 2 aromatic rings. The number of fused-ring (bicyclic) bond motifs is 3. The molecule has 11 nitrogen and oxygen atoms in total. The first kappa shape index (κ1) is 28.6. The number of rotatable bonds is 6. The quantitative estimate of drug-likeness (QED) is 0.533. The summed E-state index contributed by atoms with van der Waals surface area (Å²) in [7, 11) is 2.09. The molecule has 3 amide bonds. The summed E-state index contributed by atoms with van der Waals surface area (Å²) >= 11 is 0. The molecular formula is C30H40FN7O4. The van der Waals surface area contributed by atoms with Crippen molar-refractivity contribution in [2.45, 2.75) is 70.3 Å². The van der Waals surface area contributed by atoms with Gasteiger partial charge in [-0.15, -0.1) is 0 Å². The highest BCUT2D eigenvalue weighted by atomic mass is 19.1. The minimum atomic E-state index is -0.712. The topological polar surface area (TPSA) is 112 Å². The Hall–Kier alpha value is -3.51. The zero-order valence-electron chi connectivity index (χ0n) is 24.8. The average Bonchev–Trinajstić information content (AvgIpc) is 3.48. The molecule has 2 N–H and O–H groups in total. The van der Waals surface area contributed by atoms with E-state index in [9.17, 15) is 9.59 Å². The molecule has 12 heteroatoms. The van der Waals surface area contributed by atoms with Gasteiger partial charge in [0.1, 0.15) is 17.0 Å². The number of morpholine rings is 1. The molecule has 0 spiro atoms. The van der Waals surface area contributed by atoms with Crippen molar-refractivity contribution in [3.05, 3.63) is 29.6 Å². The maximum atomic E-state index is 15.4. The first-order valence-electron chi connectivity index (χ1n) is 15.0. The molecule has 3 saturated heterocycles. The molecule has 4 aliphatic heterocycles. The molecule has 6 rings (SSSR count). The number of hydrogen-bond acceptors (Lipinski definition) is 8. The van der Waals surface area contributed by atoms with E-state index in [0.717, 1.165) is 32.2 Å². The molecule has 3 fully saturated rings. The Morgan fingerprint density at radius 2 is 1.93 bits per heavy atom. The lowest BCUT2D eigenvalue weighted by molar-refractivity contribution is 0.0297. The largest absolute Gasteiger partial charge is 0.469 e. The standard InChI is InChI=1S/C30H40FN7O4/c1-5-32-29(40)33-23-11-8-18(13-22(23)31)25-24-26(35-28(34-25)37-15-20-9-10-21(16-37)41-20)42-30(2,3)17-38(27(24)39)14-19-7-6-12-36(19)4/h8,11,13,19-21H,5-7,9-10,12,14-17H2,1-4H3,(H2,32,33,40)/t19-,20?,21?/m0/s1. The van der Waals surface area contributed by atoms with Crippen LogP contribution in [0.3, 0.4) is 0 Å².